The second-order valence-corrected chi connectivity index (χ2v) is 6.08. The highest BCUT2D eigenvalue weighted by molar-refractivity contribution is 7.10. The number of aliphatic hydroxyl groups excluding tert-OH is 1. The molecule has 0 bridgehead atoms. The van der Waals surface area contributed by atoms with Crippen molar-refractivity contribution in [1.29, 1.82) is 0 Å². The first-order valence-electron chi connectivity index (χ1n) is 6.53. The fraction of sp³-hybridized carbons (Fsp3) is 0.714. The van der Waals surface area contributed by atoms with Gasteiger partial charge in [-0.2, -0.15) is 0 Å². The van der Waals surface area contributed by atoms with E-state index in [2.05, 4.69) is 6.92 Å². The lowest BCUT2D eigenvalue weighted by molar-refractivity contribution is -0.145. The van der Waals surface area contributed by atoms with E-state index >= 15 is 0 Å². The van der Waals surface area contributed by atoms with Gasteiger partial charge < -0.3 is 9.84 Å². The lowest BCUT2D eigenvalue weighted by Crippen LogP contribution is -2.42. The number of ether oxygens (including phenoxy) is 1. The van der Waals surface area contributed by atoms with Crippen molar-refractivity contribution < 1.29 is 9.84 Å². The summed E-state index contributed by atoms with van der Waals surface area (Å²) in [6, 6.07) is 4.00. The molecule has 96 valence electrons. The van der Waals surface area contributed by atoms with E-state index in [1.54, 1.807) is 11.3 Å². The molecule has 0 saturated heterocycles. The van der Waals surface area contributed by atoms with Gasteiger partial charge in [0.1, 0.15) is 6.10 Å². The van der Waals surface area contributed by atoms with Crippen LogP contribution in [-0.4, -0.2) is 17.3 Å². The first kappa shape index (κ1) is 13.1. The summed E-state index contributed by atoms with van der Waals surface area (Å²) in [5, 5.41) is 12.6. The number of hydrogen-bond donors (Lipinski definition) is 1. The lowest BCUT2D eigenvalue weighted by atomic mass is 9.76. The Balaban J connectivity index is 2.16. The Kier molecular flexibility index (Phi) is 4.23. The van der Waals surface area contributed by atoms with Gasteiger partial charge in [0.15, 0.2) is 0 Å². The van der Waals surface area contributed by atoms with Crippen LogP contribution in [0.5, 0.6) is 0 Å². The van der Waals surface area contributed by atoms with Gasteiger partial charge in [-0.3, -0.25) is 0 Å². The standard InChI is InChI=1S/C14H22O2S/c1-3-16-14(8-6-11(2)7-9-14)13(15)12-5-4-10-17-12/h4-5,10-11,13,15H,3,6-9H2,1-2H3. The van der Waals surface area contributed by atoms with Gasteiger partial charge >= 0.3 is 0 Å². The molecule has 1 aliphatic carbocycles. The summed E-state index contributed by atoms with van der Waals surface area (Å²) in [6.07, 6.45) is 3.79. The third kappa shape index (κ3) is 2.72. The van der Waals surface area contributed by atoms with Crippen LogP contribution in [0.3, 0.4) is 0 Å². The highest BCUT2D eigenvalue weighted by Crippen LogP contribution is 2.44. The Morgan fingerprint density at radius 3 is 2.76 bits per heavy atom. The third-order valence-corrected chi connectivity index (χ3v) is 4.79. The highest BCUT2D eigenvalue weighted by Gasteiger charge is 2.42. The number of aliphatic hydroxyl groups is 1. The summed E-state index contributed by atoms with van der Waals surface area (Å²) in [5.74, 6) is 0.763. The molecule has 0 aliphatic heterocycles. The van der Waals surface area contributed by atoms with E-state index in [-0.39, 0.29) is 5.60 Å². The molecule has 3 heteroatoms. The van der Waals surface area contributed by atoms with Crippen LogP contribution in [0, 0.1) is 5.92 Å². The molecule has 1 atom stereocenters. The molecule has 2 nitrogen and oxygen atoms in total. The van der Waals surface area contributed by atoms with Crippen molar-refractivity contribution in [2.24, 2.45) is 5.92 Å². The van der Waals surface area contributed by atoms with E-state index in [0.717, 1.165) is 36.5 Å². The van der Waals surface area contributed by atoms with Crippen LogP contribution in [0.1, 0.15) is 50.5 Å². The maximum atomic E-state index is 10.6. The van der Waals surface area contributed by atoms with Gasteiger partial charge in [0.25, 0.3) is 0 Å². The summed E-state index contributed by atoms with van der Waals surface area (Å²) < 4.78 is 5.96. The van der Waals surface area contributed by atoms with Gasteiger partial charge in [0.05, 0.1) is 5.60 Å². The predicted molar refractivity (Wildman–Crippen MR) is 71.3 cm³/mol. The van der Waals surface area contributed by atoms with Crippen LogP contribution in [-0.2, 0) is 4.74 Å². The molecule has 0 aromatic carbocycles. The molecule has 1 aromatic heterocycles. The molecule has 0 radical (unpaired) electrons. The maximum absolute atomic E-state index is 10.6. The average Bonchev–Trinajstić information content (AvgIpc) is 2.85. The molecule has 1 saturated carbocycles. The molecule has 2 rings (SSSR count). The van der Waals surface area contributed by atoms with Crippen molar-refractivity contribution in [3.8, 4) is 0 Å². The Hall–Kier alpha value is -0.380. The van der Waals surface area contributed by atoms with E-state index in [0.29, 0.717) is 6.61 Å². The second-order valence-electron chi connectivity index (χ2n) is 5.10. The summed E-state index contributed by atoms with van der Waals surface area (Å²) >= 11 is 1.62. The molecule has 1 aliphatic rings. The number of thiophene rings is 1. The van der Waals surface area contributed by atoms with E-state index < -0.39 is 6.10 Å². The minimum Gasteiger partial charge on any atom is -0.385 e. The van der Waals surface area contributed by atoms with Crippen LogP contribution in [0.2, 0.25) is 0 Å². The fourth-order valence-corrected chi connectivity index (χ4v) is 3.56. The molecular weight excluding hydrogens is 232 g/mol. The van der Waals surface area contributed by atoms with Crippen LogP contribution >= 0.6 is 11.3 Å². The maximum Gasteiger partial charge on any atom is 0.117 e. The Labute approximate surface area is 108 Å². The Morgan fingerprint density at radius 2 is 2.24 bits per heavy atom. The average molecular weight is 254 g/mol. The SMILES string of the molecule is CCOC1(C(O)c2cccs2)CCC(C)CC1. The minimum atomic E-state index is -0.463. The van der Waals surface area contributed by atoms with Crippen LogP contribution in [0.25, 0.3) is 0 Å². The molecule has 0 amide bonds. The molecule has 1 fully saturated rings. The summed E-state index contributed by atoms with van der Waals surface area (Å²) in [5.41, 5.74) is -0.341. The molecule has 0 spiro atoms. The minimum absolute atomic E-state index is 0.341. The molecular formula is C14H22O2S. The van der Waals surface area contributed by atoms with Gasteiger partial charge in [-0.1, -0.05) is 13.0 Å². The summed E-state index contributed by atoms with van der Waals surface area (Å²) in [4.78, 5) is 1.04. The Morgan fingerprint density at radius 1 is 1.53 bits per heavy atom. The molecule has 17 heavy (non-hydrogen) atoms. The first-order valence-corrected chi connectivity index (χ1v) is 7.41. The van der Waals surface area contributed by atoms with Gasteiger partial charge in [0, 0.05) is 11.5 Å². The normalized spacial score (nSPS) is 31.4. The zero-order valence-corrected chi connectivity index (χ0v) is 11.5. The van der Waals surface area contributed by atoms with E-state index in [9.17, 15) is 5.11 Å². The van der Waals surface area contributed by atoms with Gasteiger partial charge in [0.2, 0.25) is 0 Å². The van der Waals surface area contributed by atoms with Crippen molar-refractivity contribution in [1.82, 2.24) is 0 Å². The molecule has 1 aromatic rings. The van der Waals surface area contributed by atoms with Crippen molar-refractivity contribution in [2.75, 3.05) is 6.61 Å². The third-order valence-electron chi connectivity index (χ3n) is 3.86. The molecule has 1 N–H and O–H groups in total. The fourth-order valence-electron chi connectivity index (χ4n) is 2.74. The lowest BCUT2D eigenvalue weighted by Gasteiger charge is -2.42. The monoisotopic (exact) mass is 254 g/mol. The van der Waals surface area contributed by atoms with Gasteiger partial charge in [-0.25, -0.2) is 0 Å². The topological polar surface area (TPSA) is 29.5 Å². The molecule has 1 heterocycles. The molecule has 1 unspecified atom stereocenters. The van der Waals surface area contributed by atoms with Crippen molar-refractivity contribution in [3.63, 3.8) is 0 Å². The quantitative estimate of drug-likeness (QED) is 0.886. The smallest absolute Gasteiger partial charge is 0.117 e. The Bertz CT molecular complexity index is 326. The van der Waals surface area contributed by atoms with Crippen molar-refractivity contribution in [2.45, 2.75) is 51.2 Å². The van der Waals surface area contributed by atoms with Crippen LogP contribution in [0.15, 0.2) is 17.5 Å². The van der Waals surface area contributed by atoms with Gasteiger partial charge in [-0.15, -0.1) is 11.3 Å². The van der Waals surface area contributed by atoms with E-state index in [1.165, 1.54) is 0 Å². The van der Waals surface area contributed by atoms with Crippen molar-refractivity contribution in [3.05, 3.63) is 22.4 Å². The predicted octanol–water partition coefficient (Wildman–Crippen LogP) is 3.77. The number of rotatable bonds is 4. The summed E-state index contributed by atoms with van der Waals surface area (Å²) in [7, 11) is 0. The zero-order chi connectivity index (χ0) is 12.3. The van der Waals surface area contributed by atoms with E-state index in [4.69, 9.17) is 4.74 Å². The van der Waals surface area contributed by atoms with E-state index in [1.807, 2.05) is 24.4 Å². The van der Waals surface area contributed by atoms with Crippen molar-refractivity contribution >= 4 is 11.3 Å². The van der Waals surface area contributed by atoms with Crippen LogP contribution in [0.4, 0.5) is 0 Å². The number of hydrogen-bond acceptors (Lipinski definition) is 3. The first-order chi connectivity index (χ1) is 8.18. The second kappa shape index (κ2) is 5.51. The largest absolute Gasteiger partial charge is 0.385 e. The zero-order valence-electron chi connectivity index (χ0n) is 10.7. The summed E-state index contributed by atoms with van der Waals surface area (Å²) in [6.45, 7) is 4.98. The van der Waals surface area contributed by atoms with Crippen LogP contribution < -0.4 is 0 Å². The van der Waals surface area contributed by atoms with Gasteiger partial charge in [-0.05, 0) is 50.0 Å². The highest BCUT2D eigenvalue weighted by atomic mass is 32.1.